The summed E-state index contributed by atoms with van der Waals surface area (Å²) in [4.78, 5) is 17.4. The number of nitrogens with one attached hydrogen (secondary N) is 2. The molecule has 0 fully saturated rings. The van der Waals surface area contributed by atoms with Crippen LogP contribution < -0.4 is 20.2 Å². The maximum Gasteiger partial charge on any atom is 0.271 e. The minimum absolute atomic E-state index is 0.318. The first-order valence-corrected chi connectivity index (χ1v) is 15.9. The molecule has 0 aliphatic heterocycles. The van der Waals surface area contributed by atoms with Crippen LogP contribution in [0.3, 0.4) is 0 Å². The monoisotopic (exact) mass is 718 g/mol. The molecule has 0 unspecified atom stereocenters. The molecule has 5 rings (SSSR count). The van der Waals surface area contributed by atoms with Gasteiger partial charge >= 0.3 is 0 Å². The Balaban J connectivity index is 1.19. The number of aromatic nitrogens is 1. The maximum absolute atomic E-state index is 12.7. The standard InChI is InChI=1S/C33H28Br2N4O3S/c1-3-41-30-17-23(16-28(35)31(30)42-19-22-6-12-26(34)13-7-22)18-36-39-32(40)25-10-8-24(9-11-25)29-20-43-33(38-29)37-27-14-4-21(2)5-15-27/h4-18,20H,3,19H2,1-2H3,(H,37,38)(H,39,40)/b36-18-. The zero-order chi connectivity index (χ0) is 30.2. The van der Waals surface area contributed by atoms with Crippen LogP contribution in [0.5, 0.6) is 11.5 Å². The Morgan fingerprint density at radius 2 is 1.72 bits per heavy atom. The van der Waals surface area contributed by atoms with Gasteiger partial charge in [-0.15, -0.1) is 11.3 Å². The molecule has 0 spiro atoms. The van der Waals surface area contributed by atoms with Crippen LogP contribution in [0, 0.1) is 6.92 Å². The molecule has 4 aromatic carbocycles. The van der Waals surface area contributed by atoms with E-state index in [2.05, 4.69) is 71.7 Å². The predicted molar refractivity (Wildman–Crippen MR) is 181 cm³/mol. The molecule has 0 radical (unpaired) electrons. The number of aryl methyl sites for hydroxylation is 1. The number of carbonyl (C=O) groups excluding carboxylic acids is 1. The van der Waals surface area contributed by atoms with Gasteiger partial charge in [-0.3, -0.25) is 4.79 Å². The molecule has 5 aromatic rings. The van der Waals surface area contributed by atoms with Gasteiger partial charge in [0.15, 0.2) is 16.6 Å². The Morgan fingerprint density at radius 1 is 0.977 bits per heavy atom. The number of ether oxygens (including phenoxy) is 2. The molecule has 0 saturated heterocycles. The summed E-state index contributed by atoms with van der Waals surface area (Å²) in [5.41, 5.74) is 8.80. The van der Waals surface area contributed by atoms with Crippen molar-refractivity contribution in [2.24, 2.45) is 5.10 Å². The second-order valence-electron chi connectivity index (χ2n) is 9.48. The third kappa shape index (κ3) is 8.31. The van der Waals surface area contributed by atoms with Gasteiger partial charge < -0.3 is 14.8 Å². The van der Waals surface area contributed by atoms with Crippen LogP contribution in [0.15, 0.2) is 104 Å². The van der Waals surface area contributed by atoms with Crippen LogP contribution >= 0.6 is 43.2 Å². The number of hydrazone groups is 1. The van der Waals surface area contributed by atoms with Gasteiger partial charge in [-0.2, -0.15) is 5.10 Å². The van der Waals surface area contributed by atoms with Gasteiger partial charge in [0.2, 0.25) is 0 Å². The number of anilines is 2. The average molecular weight is 720 g/mol. The Morgan fingerprint density at radius 3 is 2.44 bits per heavy atom. The highest BCUT2D eigenvalue weighted by Crippen LogP contribution is 2.37. The highest BCUT2D eigenvalue weighted by molar-refractivity contribution is 9.10. The quantitative estimate of drug-likeness (QED) is 0.105. The van der Waals surface area contributed by atoms with Crippen molar-refractivity contribution in [3.63, 3.8) is 0 Å². The smallest absolute Gasteiger partial charge is 0.271 e. The molecular formula is C33H28Br2N4O3S. The summed E-state index contributed by atoms with van der Waals surface area (Å²) >= 11 is 8.56. The molecular weight excluding hydrogens is 692 g/mol. The van der Waals surface area contributed by atoms with Crippen molar-refractivity contribution in [1.29, 1.82) is 0 Å². The lowest BCUT2D eigenvalue weighted by atomic mass is 10.1. The van der Waals surface area contributed by atoms with E-state index in [0.717, 1.165) is 42.1 Å². The van der Waals surface area contributed by atoms with E-state index in [-0.39, 0.29) is 5.91 Å². The number of halogens is 2. The van der Waals surface area contributed by atoms with E-state index >= 15 is 0 Å². The number of carbonyl (C=O) groups is 1. The summed E-state index contributed by atoms with van der Waals surface area (Å²) < 4.78 is 13.6. The van der Waals surface area contributed by atoms with Gasteiger partial charge in [0.25, 0.3) is 5.91 Å². The van der Waals surface area contributed by atoms with Gasteiger partial charge in [0.05, 0.1) is 23.0 Å². The van der Waals surface area contributed by atoms with Gasteiger partial charge in [-0.05, 0) is 89.4 Å². The molecule has 10 heteroatoms. The summed E-state index contributed by atoms with van der Waals surface area (Å²) in [7, 11) is 0. The minimum Gasteiger partial charge on any atom is -0.490 e. The van der Waals surface area contributed by atoms with Crippen LogP contribution in [-0.2, 0) is 6.61 Å². The Bertz CT molecular complexity index is 1720. The lowest BCUT2D eigenvalue weighted by Crippen LogP contribution is -2.17. The second kappa shape index (κ2) is 14.5. The summed E-state index contributed by atoms with van der Waals surface area (Å²) in [6.07, 6.45) is 1.57. The van der Waals surface area contributed by atoms with Crippen LogP contribution in [-0.4, -0.2) is 23.7 Å². The lowest BCUT2D eigenvalue weighted by Gasteiger charge is -2.14. The van der Waals surface area contributed by atoms with Crippen molar-refractivity contribution in [3.8, 4) is 22.8 Å². The number of hydrogen-bond donors (Lipinski definition) is 2. The van der Waals surface area contributed by atoms with Crippen LogP contribution in [0.25, 0.3) is 11.3 Å². The topological polar surface area (TPSA) is 84.8 Å². The van der Waals surface area contributed by atoms with Crippen LogP contribution in [0.1, 0.15) is 34.0 Å². The molecule has 1 heterocycles. The number of benzene rings is 4. The Kier molecular flexibility index (Phi) is 10.2. The highest BCUT2D eigenvalue weighted by atomic mass is 79.9. The van der Waals surface area contributed by atoms with Crippen LogP contribution in [0.4, 0.5) is 10.8 Å². The molecule has 218 valence electrons. The summed E-state index contributed by atoms with van der Waals surface area (Å²) in [5.74, 6) is 0.863. The number of amides is 1. The van der Waals surface area contributed by atoms with E-state index in [1.165, 1.54) is 16.9 Å². The first-order chi connectivity index (χ1) is 20.9. The Hall–Kier alpha value is -3.99. The van der Waals surface area contributed by atoms with Gasteiger partial charge in [-0.1, -0.05) is 57.9 Å². The minimum atomic E-state index is -0.318. The maximum atomic E-state index is 12.7. The zero-order valence-electron chi connectivity index (χ0n) is 23.4. The summed E-state index contributed by atoms with van der Waals surface area (Å²) in [6, 6.07) is 27.1. The number of hydrogen-bond acceptors (Lipinski definition) is 7. The van der Waals surface area contributed by atoms with Crippen molar-refractivity contribution < 1.29 is 14.3 Å². The number of thiazole rings is 1. The van der Waals surface area contributed by atoms with E-state index in [9.17, 15) is 4.79 Å². The Labute approximate surface area is 271 Å². The first kappa shape index (κ1) is 30.5. The first-order valence-electron chi connectivity index (χ1n) is 13.4. The van der Waals surface area contributed by atoms with Crippen molar-refractivity contribution in [2.75, 3.05) is 11.9 Å². The van der Waals surface area contributed by atoms with E-state index in [0.29, 0.717) is 30.3 Å². The molecule has 0 saturated carbocycles. The van der Waals surface area contributed by atoms with Crippen molar-refractivity contribution in [1.82, 2.24) is 10.4 Å². The van der Waals surface area contributed by atoms with Gasteiger partial charge in [0.1, 0.15) is 6.61 Å². The molecule has 1 amide bonds. The van der Waals surface area contributed by atoms with Crippen molar-refractivity contribution in [2.45, 2.75) is 20.5 Å². The molecule has 2 N–H and O–H groups in total. The SMILES string of the molecule is CCOc1cc(/C=N\NC(=O)c2ccc(-c3csc(Nc4ccc(C)cc4)n3)cc2)cc(Br)c1OCc1ccc(Br)cc1. The van der Waals surface area contributed by atoms with E-state index in [1.807, 2.05) is 73.0 Å². The fourth-order valence-electron chi connectivity index (χ4n) is 4.05. The second-order valence-corrected chi connectivity index (χ2v) is 12.1. The third-order valence-electron chi connectivity index (χ3n) is 6.26. The lowest BCUT2D eigenvalue weighted by molar-refractivity contribution is 0.0955. The normalized spacial score (nSPS) is 11.0. The van der Waals surface area contributed by atoms with Gasteiger partial charge in [-0.25, -0.2) is 10.4 Å². The van der Waals surface area contributed by atoms with Crippen molar-refractivity contribution in [3.05, 3.63) is 122 Å². The summed E-state index contributed by atoms with van der Waals surface area (Å²) in [5, 5.41) is 10.3. The van der Waals surface area contributed by atoms with Gasteiger partial charge in [0, 0.05) is 26.7 Å². The van der Waals surface area contributed by atoms with E-state index < -0.39 is 0 Å². The molecule has 0 atom stereocenters. The third-order valence-corrected chi connectivity index (χ3v) is 8.13. The molecule has 43 heavy (non-hydrogen) atoms. The van der Waals surface area contributed by atoms with Crippen LogP contribution in [0.2, 0.25) is 0 Å². The van der Waals surface area contributed by atoms with E-state index in [1.54, 1.807) is 18.3 Å². The summed E-state index contributed by atoms with van der Waals surface area (Å²) in [6.45, 7) is 4.83. The number of rotatable bonds is 11. The molecule has 7 nitrogen and oxygen atoms in total. The van der Waals surface area contributed by atoms with E-state index in [4.69, 9.17) is 9.47 Å². The molecule has 1 aromatic heterocycles. The largest absolute Gasteiger partial charge is 0.490 e. The highest BCUT2D eigenvalue weighted by Gasteiger charge is 2.13. The molecule has 0 aliphatic carbocycles. The fourth-order valence-corrected chi connectivity index (χ4v) is 5.63. The number of nitrogens with zero attached hydrogens (tertiary/aromatic N) is 2. The zero-order valence-corrected chi connectivity index (χ0v) is 27.4. The molecule has 0 aliphatic rings. The molecule has 0 bridgehead atoms. The average Bonchev–Trinajstić information content (AvgIpc) is 3.47. The predicted octanol–water partition coefficient (Wildman–Crippen LogP) is 9.13. The van der Waals surface area contributed by atoms with Crippen molar-refractivity contribution >= 4 is 66.1 Å². The fraction of sp³-hybridized carbons (Fsp3) is 0.121.